The molecule has 0 aromatic carbocycles. The number of hydrogen-bond donors (Lipinski definition) is 2. The van der Waals surface area contributed by atoms with Crippen molar-refractivity contribution in [2.24, 2.45) is 5.92 Å². The zero-order valence-corrected chi connectivity index (χ0v) is 10.5. The fourth-order valence-electron chi connectivity index (χ4n) is 3.12. The van der Waals surface area contributed by atoms with Crippen molar-refractivity contribution in [3.05, 3.63) is 15.9 Å². The molecule has 94 valence electrons. The van der Waals surface area contributed by atoms with Crippen molar-refractivity contribution >= 4 is 5.82 Å². The lowest BCUT2D eigenvalue weighted by atomic mass is 9.95. The Labute approximate surface area is 101 Å². The van der Waals surface area contributed by atoms with E-state index >= 15 is 0 Å². The molecule has 1 saturated carbocycles. The predicted octanol–water partition coefficient (Wildman–Crippen LogP) is 2.29. The van der Waals surface area contributed by atoms with Crippen LogP contribution in [-0.4, -0.2) is 16.3 Å². The van der Waals surface area contributed by atoms with Crippen molar-refractivity contribution in [1.82, 2.24) is 9.78 Å². The van der Waals surface area contributed by atoms with Crippen LogP contribution >= 0.6 is 0 Å². The van der Waals surface area contributed by atoms with E-state index in [2.05, 4.69) is 17.3 Å². The van der Waals surface area contributed by atoms with Crippen molar-refractivity contribution in [3.8, 4) is 0 Å². The van der Waals surface area contributed by atoms with Crippen LogP contribution in [0.5, 0.6) is 0 Å². The fraction of sp³-hybridized carbons (Fsp3) is 0.769. The first kappa shape index (κ1) is 10.9. The Kier molecular flexibility index (Phi) is 2.73. The number of rotatable bonds is 1. The van der Waals surface area contributed by atoms with E-state index in [1.165, 1.54) is 19.3 Å². The summed E-state index contributed by atoms with van der Waals surface area (Å²) in [4.78, 5) is 12.4. The lowest BCUT2D eigenvalue weighted by Gasteiger charge is -2.21. The third-order valence-electron chi connectivity index (χ3n) is 4.13. The molecule has 3 rings (SSSR count). The van der Waals surface area contributed by atoms with Crippen molar-refractivity contribution < 1.29 is 0 Å². The topological polar surface area (TPSA) is 49.8 Å². The molecule has 0 unspecified atom stereocenters. The first-order valence-electron chi connectivity index (χ1n) is 6.83. The molecule has 0 bridgehead atoms. The van der Waals surface area contributed by atoms with Crippen LogP contribution in [0.1, 0.15) is 50.6 Å². The summed E-state index contributed by atoms with van der Waals surface area (Å²) in [6.45, 7) is 3.16. The quantitative estimate of drug-likeness (QED) is 0.784. The number of nitrogens with one attached hydrogen (secondary N) is 2. The van der Waals surface area contributed by atoms with E-state index in [0.717, 1.165) is 37.2 Å². The highest BCUT2D eigenvalue weighted by Gasteiger charge is 2.25. The summed E-state index contributed by atoms with van der Waals surface area (Å²) in [5.41, 5.74) is 1.18. The molecule has 2 N–H and O–H groups in total. The molecular weight excluding hydrogens is 214 g/mol. The van der Waals surface area contributed by atoms with Crippen LogP contribution in [0.25, 0.3) is 0 Å². The number of H-pyrrole nitrogens is 1. The Morgan fingerprint density at radius 2 is 2.00 bits per heavy atom. The molecule has 4 heteroatoms. The second-order valence-corrected chi connectivity index (χ2v) is 5.62. The molecule has 1 aliphatic heterocycles. The molecule has 0 amide bonds. The van der Waals surface area contributed by atoms with E-state index in [-0.39, 0.29) is 5.56 Å². The van der Waals surface area contributed by atoms with Gasteiger partial charge in [-0.25, -0.2) is 4.68 Å². The van der Waals surface area contributed by atoms with E-state index in [0.29, 0.717) is 12.0 Å². The van der Waals surface area contributed by atoms with Gasteiger partial charge in [-0.05, 0) is 25.2 Å². The molecule has 0 spiro atoms. The Morgan fingerprint density at radius 1 is 1.24 bits per heavy atom. The molecule has 17 heavy (non-hydrogen) atoms. The lowest BCUT2D eigenvalue weighted by molar-refractivity contribution is 0.323. The molecule has 1 aromatic heterocycles. The highest BCUT2D eigenvalue weighted by atomic mass is 16.1. The average molecular weight is 235 g/mol. The third-order valence-corrected chi connectivity index (χ3v) is 4.13. The molecule has 2 aliphatic rings. The Morgan fingerprint density at radius 3 is 2.76 bits per heavy atom. The zero-order valence-electron chi connectivity index (χ0n) is 10.5. The normalized spacial score (nSPS) is 25.4. The average Bonchev–Trinajstić information content (AvgIpc) is 2.68. The van der Waals surface area contributed by atoms with Gasteiger partial charge in [0.1, 0.15) is 5.82 Å². The monoisotopic (exact) mass is 235 g/mol. The van der Waals surface area contributed by atoms with E-state index in [1.807, 2.05) is 4.68 Å². The standard InChI is InChI=1S/C13H21N3O/c1-9-7-11-12(14-8-9)15-16(13(11)17)10-5-3-2-4-6-10/h9-10,14-15H,2-8H2,1H3/t9-/m1/s1. The summed E-state index contributed by atoms with van der Waals surface area (Å²) >= 11 is 0. The lowest BCUT2D eigenvalue weighted by Crippen LogP contribution is -2.27. The van der Waals surface area contributed by atoms with Crippen LogP contribution in [0, 0.1) is 5.92 Å². The van der Waals surface area contributed by atoms with Gasteiger partial charge in [0.15, 0.2) is 0 Å². The SMILES string of the molecule is C[C@H]1CNc2[nH]n(C3CCCCC3)c(=O)c2C1. The fourth-order valence-corrected chi connectivity index (χ4v) is 3.12. The number of nitrogens with zero attached hydrogens (tertiary/aromatic N) is 1. The van der Waals surface area contributed by atoms with Crippen molar-refractivity contribution in [1.29, 1.82) is 0 Å². The molecule has 1 atom stereocenters. The maximum absolute atomic E-state index is 12.4. The molecule has 1 aliphatic carbocycles. The van der Waals surface area contributed by atoms with Gasteiger partial charge in [0.2, 0.25) is 0 Å². The summed E-state index contributed by atoms with van der Waals surface area (Å²) in [5, 5.41) is 6.62. The van der Waals surface area contributed by atoms with Gasteiger partial charge in [-0.1, -0.05) is 26.2 Å². The maximum Gasteiger partial charge on any atom is 0.272 e. The highest BCUT2D eigenvalue weighted by Crippen LogP contribution is 2.28. The van der Waals surface area contributed by atoms with Gasteiger partial charge in [-0.2, -0.15) is 0 Å². The molecule has 0 saturated heterocycles. The van der Waals surface area contributed by atoms with Gasteiger partial charge >= 0.3 is 0 Å². The number of fused-ring (bicyclic) bond motifs is 1. The van der Waals surface area contributed by atoms with Gasteiger partial charge in [-0.15, -0.1) is 0 Å². The maximum atomic E-state index is 12.4. The summed E-state index contributed by atoms with van der Waals surface area (Å²) in [6.07, 6.45) is 7.04. The van der Waals surface area contributed by atoms with Crippen LogP contribution in [-0.2, 0) is 6.42 Å². The summed E-state index contributed by atoms with van der Waals surface area (Å²) < 4.78 is 1.88. The van der Waals surface area contributed by atoms with E-state index < -0.39 is 0 Å². The second-order valence-electron chi connectivity index (χ2n) is 5.62. The Hall–Kier alpha value is -1.19. The molecular formula is C13H21N3O. The summed E-state index contributed by atoms with van der Waals surface area (Å²) in [6, 6.07) is 0.402. The first-order chi connectivity index (χ1) is 8.25. The highest BCUT2D eigenvalue weighted by molar-refractivity contribution is 5.45. The van der Waals surface area contributed by atoms with E-state index in [1.54, 1.807) is 0 Å². The van der Waals surface area contributed by atoms with Crippen LogP contribution in [0.15, 0.2) is 4.79 Å². The van der Waals surface area contributed by atoms with E-state index in [4.69, 9.17) is 0 Å². The van der Waals surface area contributed by atoms with Gasteiger partial charge < -0.3 is 5.32 Å². The second kappa shape index (κ2) is 4.24. The van der Waals surface area contributed by atoms with Crippen LogP contribution in [0.2, 0.25) is 0 Å². The smallest absolute Gasteiger partial charge is 0.272 e. The largest absolute Gasteiger partial charge is 0.370 e. The van der Waals surface area contributed by atoms with Gasteiger partial charge in [-0.3, -0.25) is 9.89 Å². The predicted molar refractivity (Wildman–Crippen MR) is 68.5 cm³/mol. The first-order valence-corrected chi connectivity index (χ1v) is 6.83. The van der Waals surface area contributed by atoms with Crippen molar-refractivity contribution in [3.63, 3.8) is 0 Å². The summed E-state index contributed by atoms with van der Waals surface area (Å²) in [5.74, 6) is 1.53. The van der Waals surface area contributed by atoms with Gasteiger partial charge in [0.25, 0.3) is 5.56 Å². The minimum absolute atomic E-state index is 0.214. The minimum Gasteiger partial charge on any atom is -0.370 e. The van der Waals surface area contributed by atoms with Crippen molar-refractivity contribution in [2.45, 2.75) is 51.5 Å². The van der Waals surface area contributed by atoms with Crippen LogP contribution in [0.3, 0.4) is 0 Å². The number of aromatic nitrogens is 2. The number of hydrogen-bond acceptors (Lipinski definition) is 2. The molecule has 1 aromatic rings. The Bertz CT molecular complexity index is 454. The molecule has 1 fully saturated rings. The Balaban J connectivity index is 1.93. The summed E-state index contributed by atoms with van der Waals surface area (Å²) in [7, 11) is 0. The van der Waals surface area contributed by atoms with Crippen LogP contribution in [0.4, 0.5) is 5.82 Å². The number of aromatic amines is 1. The minimum atomic E-state index is 0.214. The van der Waals surface area contributed by atoms with Gasteiger partial charge in [0.05, 0.1) is 11.6 Å². The van der Waals surface area contributed by atoms with E-state index in [9.17, 15) is 4.79 Å². The van der Waals surface area contributed by atoms with Crippen LogP contribution < -0.4 is 10.9 Å². The molecule has 0 radical (unpaired) electrons. The van der Waals surface area contributed by atoms with Gasteiger partial charge in [0, 0.05) is 6.54 Å². The molecule has 4 nitrogen and oxygen atoms in total. The molecule has 2 heterocycles. The van der Waals surface area contributed by atoms with Crippen molar-refractivity contribution in [2.75, 3.05) is 11.9 Å². The zero-order chi connectivity index (χ0) is 11.8. The third kappa shape index (κ3) is 1.90. The number of anilines is 1.